The third-order valence-electron chi connectivity index (χ3n) is 2.27. The highest BCUT2D eigenvalue weighted by Crippen LogP contribution is 2.76. The van der Waals surface area contributed by atoms with Gasteiger partial charge >= 0.3 is 15.2 Å². The number of thioether (sulfide) groups is 2. The number of hydrogen-bond donors (Lipinski definition) is 0. The van der Waals surface area contributed by atoms with Crippen LogP contribution in [0.5, 0.6) is 0 Å². The van der Waals surface area contributed by atoms with Gasteiger partial charge in [-0.1, -0.05) is 0 Å². The summed E-state index contributed by atoms with van der Waals surface area (Å²) in [5, 5.41) is 0.00685. The summed E-state index contributed by atoms with van der Waals surface area (Å²) < 4.78 is 48.5. The molecule has 0 aliphatic carbocycles. The van der Waals surface area contributed by atoms with Crippen LogP contribution in [0.15, 0.2) is 9.29 Å². The molecule has 132 valence electrons. The molecule has 0 amide bonds. The van der Waals surface area contributed by atoms with Crippen LogP contribution in [0.4, 0.5) is 0 Å². The van der Waals surface area contributed by atoms with Crippen molar-refractivity contribution in [3.05, 3.63) is 9.29 Å². The molecule has 0 unspecified atom stereocenters. The molecule has 0 aromatic rings. The number of hydrogen-bond acceptors (Lipinski definition) is 8. The van der Waals surface area contributed by atoms with Gasteiger partial charge in [-0.05, 0) is 40.2 Å². The Morgan fingerprint density at radius 1 is 0.727 bits per heavy atom. The van der Waals surface area contributed by atoms with Gasteiger partial charge in [-0.2, -0.15) is 0 Å². The predicted molar refractivity (Wildman–Crippen MR) is 95.8 cm³/mol. The van der Waals surface area contributed by atoms with Crippen LogP contribution in [-0.2, 0) is 27.2 Å². The summed E-state index contributed by atoms with van der Waals surface area (Å²) in [6, 6.07) is 0. The Morgan fingerprint density at radius 3 is 1.18 bits per heavy atom. The minimum absolute atomic E-state index is 0.00685. The minimum atomic E-state index is -3.77. The fraction of sp³-hybridized carbons (Fsp3) is 0.833. The average Bonchev–Trinajstić information content (AvgIpc) is 2.45. The summed E-state index contributed by atoms with van der Waals surface area (Å²) in [6.45, 7) is 7.45. The molecule has 0 radical (unpaired) electrons. The van der Waals surface area contributed by atoms with Gasteiger partial charge in [-0.3, -0.25) is 9.13 Å². The van der Waals surface area contributed by atoms with Gasteiger partial charge in [0.15, 0.2) is 5.06 Å². The molecule has 22 heavy (non-hydrogen) atoms. The van der Waals surface area contributed by atoms with E-state index in [1.165, 1.54) is 23.5 Å². The van der Waals surface area contributed by atoms with E-state index in [-0.39, 0.29) is 31.5 Å². The normalized spacial score (nSPS) is 12.5. The molecule has 0 rings (SSSR count). The molecule has 0 aliphatic heterocycles. The first-order valence-corrected chi connectivity index (χ1v) is 12.5. The van der Waals surface area contributed by atoms with E-state index >= 15 is 0 Å². The van der Waals surface area contributed by atoms with Gasteiger partial charge in [0, 0.05) is 0 Å². The molecule has 10 heteroatoms. The third kappa shape index (κ3) is 5.99. The van der Waals surface area contributed by atoms with Crippen LogP contribution in [0, 0.1) is 0 Å². The first-order chi connectivity index (χ1) is 10.4. The maximum Gasteiger partial charge on any atom is 0.371 e. The quantitative estimate of drug-likeness (QED) is 0.411. The fourth-order valence-corrected chi connectivity index (χ4v) is 9.45. The lowest BCUT2D eigenvalue weighted by Crippen LogP contribution is -2.06. The van der Waals surface area contributed by atoms with Crippen molar-refractivity contribution in [3.8, 4) is 0 Å². The van der Waals surface area contributed by atoms with Crippen molar-refractivity contribution < 1.29 is 27.2 Å². The van der Waals surface area contributed by atoms with E-state index in [2.05, 4.69) is 0 Å². The molecule has 0 saturated carbocycles. The van der Waals surface area contributed by atoms with E-state index in [0.717, 1.165) is 0 Å². The van der Waals surface area contributed by atoms with Crippen LogP contribution in [-0.4, -0.2) is 38.9 Å². The van der Waals surface area contributed by atoms with E-state index in [1.54, 1.807) is 40.2 Å². The SMILES string of the molecule is CCOP(=O)(OCC)C(=C(SC)SC)P(=O)(OCC)OCC. The maximum atomic E-state index is 13.2. The molecule has 0 atom stereocenters. The monoisotopic (exact) mass is 392 g/mol. The first kappa shape index (κ1) is 22.7. The molecular weight excluding hydrogens is 366 g/mol. The van der Waals surface area contributed by atoms with E-state index in [9.17, 15) is 9.13 Å². The van der Waals surface area contributed by atoms with E-state index in [1.807, 2.05) is 0 Å². The van der Waals surface area contributed by atoms with Gasteiger partial charge in [0.25, 0.3) is 0 Å². The zero-order chi connectivity index (χ0) is 17.2. The Kier molecular flexibility index (Phi) is 11.7. The van der Waals surface area contributed by atoms with Crippen LogP contribution in [0.3, 0.4) is 0 Å². The molecule has 0 aliphatic rings. The third-order valence-corrected chi connectivity index (χ3v) is 10.4. The highest BCUT2D eigenvalue weighted by atomic mass is 32.2. The van der Waals surface area contributed by atoms with Crippen LogP contribution >= 0.6 is 38.7 Å². The molecule has 0 heterocycles. The molecular formula is C12H26O6P2S2. The molecule has 0 fully saturated rings. The second-order valence-electron chi connectivity index (χ2n) is 3.69. The summed E-state index contributed by atoms with van der Waals surface area (Å²) in [7, 11) is -7.55. The highest BCUT2D eigenvalue weighted by molar-refractivity contribution is 8.22. The standard InChI is InChI=1S/C12H26O6P2S2/c1-7-15-19(13,16-8-2)11(12(21-5)22-6)20(14,17-9-3)18-10-4/h7-10H2,1-6H3. The maximum absolute atomic E-state index is 13.2. The Labute approximate surface area is 142 Å². The Balaban J connectivity index is 6.29. The Bertz CT molecular complexity index is 397. The second-order valence-corrected chi connectivity index (χ2v) is 9.85. The van der Waals surface area contributed by atoms with E-state index < -0.39 is 15.2 Å². The largest absolute Gasteiger partial charge is 0.371 e. The lowest BCUT2D eigenvalue weighted by molar-refractivity contribution is 0.214. The summed E-state index contributed by atoms with van der Waals surface area (Å²) >= 11 is 2.63. The van der Waals surface area contributed by atoms with Gasteiger partial charge in [-0.25, -0.2) is 0 Å². The molecule has 0 aromatic heterocycles. The molecule has 0 N–H and O–H groups in total. The molecule has 0 bridgehead atoms. The number of rotatable bonds is 12. The topological polar surface area (TPSA) is 71.1 Å². The highest BCUT2D eigenvalue weighted by Gasteiger charge is 2.47. The van der Waals surface area contributed by atoms with Crippen LogP contribution in [0.2, 0.25) is 0 Å². The smallest absolute Gasteiger partial charge is 0.305 e. The van der Waals surface area contributed by atoms with Gasteiger partial charge < -0.3 is 18.1 Å². The lowest BCUT2D eigenvalue weighted by Gasteiger charge is -2.27. The zero-order valence-electron chi connectivity index (χ0n) is 14.0. The van der Waals surface area contributed by atoms with Crippen molar-refractivity contribution in [1.82, 2.24) is 0 Å². The molecule has 0 saturated heterocycles. The molecule has 6 nitrogen and oxygen atoms in total. The minimum Gasteiger partial charge on any atom is -0.305 e. The van der Waals surface area contributed by atoms with Crippen molar-refractivity contribution in [2.45, 2.75) is 27.7 Å². The van der Waals surface area contributed by atoms with Crippen molar-refractivity contribution in [3.63, 3.8) is 0 Å². The fourth-order valence-electron chi connectivity index (χ4n) is 1.64. The van der Waals surface area contributed by atoms with E-state index in [0.29, 0.717) is 4.24 Å². The Morgan fingerprint density at radius 2 is 1.00 bits per heavy atom. The van der Waals surface area contributed by atoms with Crippen LogP contribution < -0.4 is 0 Å². The average molecular weight is 392 g/mol. The van der Waals surface area contributed by atoms with Crippen molar-refractivity contribution >= 4 is 38.7 Å². The van der Waals surface area contributed by atoms with Gasteiger partial charge in [0.05, 0.1) is 30.7 Å². The molecule has 0 spiro atoms. The van der Waals surface area contributed by atoms with Gasteiger partial charge in [0.2, 0.25) is 0 Å². The van der Waals surface area contributed by atoms with E-state index in [4.69, 9.17) is 18.1 Å². The lowest BCUT2D eigenvalue weighted by atomic mass is 10.9. The van der Waals surface area contributed by atoms with Gasteiger partial charge in [0.1, 0.15) is 0 Å². The van der Waals surface area contributed by atoms with Crippen molar-refractivity contribution in [2.24, 2.45) is 0 Å². The van der Waals surface area contributed by atoms with Crippen molar-refractivity contribution in [1.29, 1.82) is 0 Å². The first-order valence-electron chi connectivity index (χ1n) is 7.00. The van der Waals surface area contributed by atoms with Crippen LogP contribution in [0.1, 0.15) is 27.7 Å². The summed E-state index contributed by atoms with van der Waals surface area (Å²) in [5.74, 6) is 0. The molecule has 0 aromatic carbocycles. The zero-order valence-corrected chi connectivity index (χ0v) is 17.4. The second kappa shape index (κ2) is 11.3. The van der Waals surface area contributed by atoms with Gasteiger partial charge in [-0.15, -0.1) is 23.5 Å². The summed E-state index contributed by atoms with van der Waals surface area (Å²) in [4.78, 5) is 0. The summed E-state index contributed by atoms with van der Waals surface area (Å²) in [6.07, 6.45) is 3.60. The summed E-state index contributed by atoms with van der Waals surface area (Å²) in [5.41, 5.74) is 0. The van der Waals surface area contributed by atoms with Crippen LogP contribution in [0.25, 0.3) is 0 Å². The van der Waals surface area contributed by atoms with Crippen molar-refractivity contribution in [2.75, 3.05) is 38.9 Å². The Hall–Kier alpha value is 0.740. The predicted octanol–water partition coefficient (Wildman–Crippen LogP) is 5.37.